The van der Waals surface area contributed by atoms with Crippen molar-refractivity contribution in [1.82, 2.24) is 19.6 Å². The number of ether oxygens (including phenoxy) is 1. The standard InChI is InChI=1S/C17H26N4O3/c1-11(2)20-8-9-21-14(15(20)22)12-10-19(7-6-13(12)18-21)16(23)24-17(3,4)5/h11H,6-10H2,1-5H3. The Morgan fingerprint density at radius 3 is 2.54 bits per heavy atom. The molecule has 0 saturated heterocycles. The van der Waals surface area contributed by atoms with Gasteiger partial charge in [0.1, 0.15) is 11.3 Å². The smallest absolute Gasteiger partial charge is 0.410 e. The zero-order valence-electron chi connectivity index (χ0n) is 15.1. The molecule has 0 unspecified atom stereocenters. The molecule has 0 aliphatic carbocycles. The lowest BCUT2D eigenvalue weighted by molar-refractivity contribution is 0.0221. The van der Waals surface area contributed by atoms with Crippen molar-refractivity contribution in [2.75, 3.05) is 13.1 Å². The molecule has 0 aromatic carbocycles. The summed E-state index contributed by atoms with van der Waals surface area (Å²) in [7, 11) is 0. The molecule has 7 heteroatoms. The first-order valence-electron chi connectivity index (χ1n) is 8.55. The van der Waals surface area contributed by atoms with Crippen LogP contribution in [0.4, 0.5) is 4.79 Å². The molecule has 0 fully saturated rings. The molecule has 2 aliphatic rings. The molecule has 24 heavy (non-hydrogen) atoms. The van der Waals surface area contributed by atoms with E-state index in [0.29, 0.717) is 38.3 Å². The summed E-state index contributed by atoms with van der Waals surface area (Å²) in [5, 5.41) is 4.59. The van der Waals surface area contributed by atoms with Crippen LogP contribution in [0.25, 0.3) is 0 Å². The fourth-order valence-electron chi connectivity index (χ4n) is 3.24. The number of aromatic nitrogens is 2. The number of hydrogen-bond donors (Lipinski definition) is 0. The Morgan fingerprint density at radius 1 is 1.21 bits per heavy atom. The minimum Gasteiger partial charge on any atom is -0.444 e. The molecule has 0 N–H and O–H groups in total. The van der Waals surface area contributed by atoms with Crippen molar-refractivity contribution in [3.05, 3.63) is 17.0 Å². The van der Waals surface area contributed by atoms with Gasteiger partial charge in [-0.2, -0.15) is 5.10 Å². The van der Waals surface area contributed by atoms with E-state index in [4.69, 9.17) is 4.74 Å². The molecule has 2 amide bonds. The van der Waals surface area contributed by atoms with Crippen molar-refractivity contribution in [2.45, 2.75) is 65.8 Å². The zero-order chi connectivity index (χ0) is 17.6. The fourth-order valence-corrected chi connectivity index (χ4v) is 3.24. The first-order valence-corrected chi connectivity index (χ1v) is 8.55. The largest absolute Gasteiger partial charge is 0.444 e. The van der Waals surface area contributed by atoms with Gasteiger partial charge in [-0.15, -0.1) is 0 Å². The maximum Gasteiger partial charge on any atom is 0.410 e. The van der Waals surface area contributed by atoms with Crippen LogP contribution in [0.15, 0.2) is 0 Å². The van der Waals surface area contributed by atoms with E-state index >= 15 is 0 Å². The summed E-state index contributed by atoms with van der Waals surface area (Å²) in [5.41, 5.74) is 1.92. The Morgan fingerprint density at radius 2 is 1.92 bits per heavy atom. The van der Waals surface area contributed by atoms with Gasteiger partial charge < -0.3 is 14.5 Å². The molecule has 1 aromatic heterocycles. The first kappa shape index (κ1) is 16.8. The van der Waals surface area contributed by atoms with Crippen LogP contribution in [0.2, 0.25) is 0 Å². The van der Waals surface area contributed by atoms with Crippen LogP contribution in [-0.4, -0.2) is 56.3 Å². The second-order valence-corrected chi connectivity index (χ2v) is 7.74. The summed E-state index contributed by atoms with van der Waals surface area (Å²) in [6.45, 7) is 11.9. The molecular formula is C17H26N4O3. The molecule has 132 valence electrons. The Labute approximate surface area is 142 Å². The van der Waals surface area contributed by atoms with E-state index in [1.54, 1.807) is 4.90 Å². The van der Waals surface area contributed by atoms with E-state index in [-0.39, 0.29) is 18.0 Å². The number of rotatable bonds is 1. The lowest BCUT2D eigenvalue weighted by atomic mass is 10.0. The minimum atomic E-state index is -0.528. The number of hydrogen-bond acceptors (Lipinski definition) is 4. The van der Waals surface area contributed by atoms with Crippen LogP contribution in [0.5, 0.6) is 0 Å². The van der Waals surface area contributed by atoms with Crippen LogP contribution >= 0.6 is 0 Å². The van der Waals surface area contributed by atoms with Crippen molar-refractivity contribution in [2.24, 2.45) is 0 Å². The van der Waals surface area contributed by atoms with Crippen LogP contribution in [0, 0.1) is 0 Å². The van der Waals surface area contributed by atoms with E-state index in [1.165, 1.54) is 0 Å². The van der Waals surface area contributed by atoms with Crippen LogP contribution < -0.4 is 0 Å². The summed E-state index contributed by atoms with van der Waals surface area (Å²) in [4.78, 5) is 28.7. The number of fused-ring (bicyclic) bond motifs is 3. The monoisotopic (exact) mass is 334 g/mol. The fraction of sp³-hybridized carbons (Fsp3) is 0.706. The number of amides is 2. The summed E-state index contributed by atoms with van der Waals surface area (Å²) in [5.74, 6) is 0.0102. The predicted octanol–water partition coefficient (Wildman–Crippen LogP) is 2.04. The number of carbonyl (C=O) groups is 2. The second kappa shape index (κ2) is 5.79. The van der Waals surface area contributed by atoms with Gasteiger partial charge in [-0.05, 0) is 34.6 Å². The average Bonchev–Trinajstić information content (AvgIpc) is 2.83. The van der Waals surface area contributed by atoms with Crippen molar-refractivity contribution >= 4 is 12.0 Å². The highest BCUT2D eigenvalue weighted by atomic mass is 16.6. The molecule has 3 heterocycles. The summed E-state index contributed by atoms with van der Waals surface area (Å²) >= 11 is 0. The van der Waals surface area contributed by atoms with E-state index in [0.717, 1.165) is 11.3 Å². The normalized spacial score (nSPS) is 17.8. The number of nitrogens with zero attached hydrogens (tertiary/aromatic N) is 4. The number of carbonyl (C=O) groups excluding carboxylic acids is 2. The molecular weight excluding hydrogens is 308 g/mol. The van der Waals surface area contributed by atoms with Gasteiger partial charge in [0.25, 0.3) is 5.91 Å². The molecule has 0 spiro atoms. The zero-order valence-corrected chi connectivity index (χ0v) is 15.1. The molecule has 0 saturated carbocycles. The Kier molecular flexibility index (Phi) is 4.05. The third-order valence-electron chi connectivity index (χ3n) is 4.39. The van der Waals surface area contributed by atoms with Gasteiger partial charge >= 0.3 is 6.09 Å². The highest BCUT2D eigenvalue weighted by molar-refractivity contribution is 5.95. The molecule has 3 rings (SSSR count). The Bertz CT molecular complexity index is 672. The molecule has 7 nitrogen and oxygen atoms in total. The molecule has 2 aliphatic heterocycles. The van der Waals surface area contributed by atoms with Crippen molar-refractivity contribution in [1.29, 1.82) is 0 Å². The average molecular weight is 334 g/mol. The van der Waals surface area contributed by atoms with Gasteiger partial charge in [0.2, 0.25) is 0 Å². The van der Waals surface area contributed by atoms with Crippen molar-refractivity contribution < 1.29 is 14.3 Å². The molecule has 0 atom stereocenters. The van der Waals surface area contributed by atoms with Crippen LogP contribution in [0.1, 0.15) is 56.4 Å². The minimum absolute atomic E-state index is 0.0102. The second-order valence-electron chi connectivity index (χ2n) is 7.74. The van der Waals surface area contributed by atoms with Gasteiger partial charge in [-0.1, -0.05) is 0 Å². The maximum absolute atomic E-state index is 12.8. The van der Waals surface area contributed by atoms with E-state index in [2.05, 4.69) is 5.10 Å². The third-order valence-corrected chi connectivity index (χ3v) is 4.39. The SMILES string of the molecule is CC(C)N1CCn2nc3c(c2C1=O)CN(C(=O)OC(C)(C)C)CC3. The topological polar surface area (TPSA) is 67.7 Å². The van der Waals surface area contributed by atoms with Crippen LogP contribution in [0.3, 0.4) is 0 Å². The lowest BCUT2D eigenvalue weighted by Gasteiger charge is -2.32. The Hall–Kier alpha value is -2.05. The first-order chi connectivity index (χ1) is 11.2. The Balaban J connectivity index is 1.86. The van der Waals surface area contributed by atoms with Crippen molar-refractivity contribution in [3.63, 3.8) is 0 Å². The van der Waals surface area contributed by atoms with Gasteiger partial charge in [-0.25, -0.2) is 4.79 Å². The quantitative estimate of drug-likeness (QED) is 0.788. The maximum atomic E-state index is 12.8. The summed E-state index contributed by atoms with van der Waals surface area (Å²) in [6.07, 6.45) is 0.320. The highest BCUT2D eigenvalue weighted by Gasteiger charge is 2.36. The van der Waals surface area contributed by atoms with Crippen molar-refractivity contribution in [3.8, 4) is 0 Å². The summed E-state index contributed by atoms with van der Waals surface area (Å²) < 4.78 is 7.27. The molecule has 0 radical (unpaired) electrons. The lowest BCUT2D eigenvalue weighted by Crippen LogP contribution is -2.45. The third kappa shape index (κ3) is 2.99. The highest BCUT2D eigenvalue weighted by Crippen LogP contribution is 2.27. The molecule has 0 bridgehead atoms. The van der Waals surface area contributed by atoms with E-state index in [1.807, 2.05) is 44.2 Å². The van der Waals surface area contributed by atoms with Crippen LogP contribution in [-0.2, 0) is 24.2 Å². The van der Waals surface area contributed by atoms with Gasteiger partial charge in [0, 0.05) is 31.1 Å². The van der Waals surface area contributed by atoms with E-state index in [9.17, 15) is 9.59 Å². The van der Waals surface area contributed by atoms with Gasteiger partial charge in [-0.3, -0.25) is 9.48 Å². The van der Waals surface area contributed by atoms with Gasteiger partial charge in [0.15, 0.2) is 0 Å². The molecule has 1 aromatic rings. The van der Waals surface area contributed by atoms with E-state index < -0.39 is 5.60 Å². The van der Waals surface area contributed by atoms with Gasteiger partial charge in [0.05, 0.1) is 18.8 Å². The predicted molar refractivity (Wildman–Crippen MR) is 88.7 cm³/mol. The summed E-state index contributed by atoms with van der Waals surface area (Å²) in [6, 6.07) is 0.155.